The molecule has 0 aliphatic rings. The number of aromatic amines is 1. The van der Waals surface area contributed by atoms with E-state index < -0.39 is 23.0 Å². The molecule has 0 radical (unpaired) electrons. The minimum Gasteiger partial charge on any atom is -0.612 e. The standard InChI is InChI=1S/C18H14ClF3N2O2S/c1-26-14-8-5-11(9-13(14)19)15-16(23-24-17(15)18(20,21)22)10-3-6-12(7-4-10)27(2)25/h3-9H,1-2H3,(H,23,24). The molecular formula is C18H14ClF3N2O2S. The highest BCUT2D eigenvalue weighted by atomic mass is 35.5. The molecule has 2 aromatic carbocycles. The number of nitrogens with zero attached hydrogens (tertiary/aromatic N) is 1. The first-order chi connectivity index (χ1) is 12.7. The van der Waals surface area contributed by atoms with Gasteiger partial charge in [-0.25, -0.2) is 0 Å². The molecule has 1 heterocycles. The fourth-order valence-corrected chi connectivity index (χ4v) is 3.45. The summed E-state index contributed by atoms with van der Waals surface area (Å²) in [5, 5.41) is 6.14. The topological polar surface area (TPSA) is 61.0 Å². The van der Waals surface area contributed by atoms with E-state index in [4.69, 9.17) is 16.3 Å². The van der Waals surface area contributed by atoms with E-state index in [2.05, 4.69) is 10.2 Å². The summed E-state index contributed by atoms with van der Waals surface area (Å²) in [5.41, 5.74) is -0.231. The van der Waals surface area contributed by atoms with Crippen LogP contribution in [-0.2, 0) is 17.4 Å². The van der Waals surface area contributed by atoms with Gasteiger partial charge in [-0.2, -0.15) is 18.3 Å². The van der Waals surface area contributed by atoms with E-state index in [0.717, 1.165) is 0 Å². The molecule has 3 rings (SSSR count). The summed E-state index contributed by atoms with van der Waals surface area (Å²) in [7, 11) is 1.42. The third kappa shape index (κ3) is 3.92. The van der Waals surface area contributed by atoms with Crippen LogP contribution in [0.25, 0.3) is 22.4 Å². The number of hydrogen-bond acceptors (Lipinski definition) is 3. The van der Waals surface area contributed by atoms with Gasteiger partial charge in [0.25, 0.3) is 0 Å². The maximum atomic E-state index is 13.5. The molecule has 0 aliphatic carbocycles. The van der Waals surface area contributed by atoms with Crippen molar-refractivity contribution in [1.82, 2.24) is 10.2 Å². The Balaban J connectivity index is 2.19. The molecule has 27 heavy (non-hydrogen) atoms. The van der Waals surface area contributed by atoms with E-state index in [9.17, 15) is 17.7 Å². The Morgan fingerprint density at radius 3 is 2.26 bits per heavy atom. The van der Waals surface area contributed by atoms with Crippen molar-refractivity contribution in [3.63, 3.8) is 0 Å². The molecule has 0 aliphatic heterocycles. The van der Waals surface area contributed by atoms with Crippen LogP contribution in [0, 0.1) is 0 Å². The van der Waals surface area contributed by atoms with Gasteiger partial charge in [0.15, 0.2) is 10.6 Å². The van der Waals surface area contributed by atoms with Gasteiger partial charge < -0.3 is 9.29 Å². The molecule has 142 valence electrons. The van der Waals surface area contributed by atoms with Crippen LogP contribution >= 0.6 is 11.6 Å². The fraction of sp³-hybridized carbons (Fsp3) is 0.167. The molecule has 0 spiro atoms. The summed E-state index contributed by atoms with van der Waals surface area (Å²) >= 11 is 4.91. The normalized spacial score (nSPS) is 12.9. The van der Waals surface area contributed by atoms with Crippen molar-refractivity contribution in [1.29, 1.82) is 0 Å². The van der Waals surface area contributed by atoms with Crippen LogP contribution in [0.5, 0.6) is 5.75 Å². The van der Waals surface area contributed by atoms with Crippen molar-refractivity contribution in [2.24, 2.45) is 0 Å². The molecule has 0 amide bonds. The maximum Gasteiger partial charge on any atom is 0.435 e. The Morgan fingerprint density at radius 1 is 1.11 bits per heavy atom. The van der Waals surface area contributed by atoms with Crippen LogP contribution in [0.1, 0.15) is 5.69 Å². The minimum atomic E-state index is -4.65. The van der Waals surface area contributed by atoms with Gasteiger partial charge in [-0.15, -0.1) is 0 Å². The Morgan fingerprint density at radius 2 is 1.74 bits per heavy atom. The Hall–Kier alpha value is -2.16. The number of hydrogen-bond donors (Lipinski definition) is 1. The van der Waals surface area contributed by atoms with E-state index in [-0.39, 0.29) is 21.8 Å². The van der Waals surface area contributed by atoms with Gasteiger partial charge in [0.05, 0.1) is 17.8 Å². The number of halogens is 4. The van der Waals surface area contributed by atoms with Gasteiger partial charge >= 0.3 is 6.18 Å². The largest absolute Gasteiger partial charge is 0.612 e. The second-order valence-corrected chi connectivity index (χ2v) is 7.43. The number of rotatable bonds is 4. The van der Waals surface area contributed by atoms with Crippen LogP contribution in [0.3, 0.4) is 0 Å². The van der Waals surface area contributed by atoms with E-state index in [1.165, 1.54) is 31.6 Å². The number of benzene rings is 2. The summed E-state index contributed by atoms with van der Waals surface area (Å²) in [6.07, 6.45) is -3.13. The molecule has 1 aromatic heterocycles. The first kappa shape index (κ1) is 19.6. The summed E-state index contributed by atoms with van der Waals surface area (Å²) in [5.74, 6) is 0.355. The molecular weight excluding hydrogens is 401 g/mol. The van der Waals surface area contributed by atoms with Crippen molar-refractivity contribution in [3.8, 4) is 28.1 Å². The SMILES string of the molecule is COc1ccc(-c2c(C(F)(F)F)n[nH]c2-c2ccc([S+](C)[O-])cc2)cc1Cl. The summed E-state index contributed by atoms with van der Waals surface area (Å²) in [6.45, 7) is 0. The first-order valence-electron chi connectivity index (χ1n) is 7.65. The van der Waals surface area contributed by atoms with Crippen LogP contribution in [-0.4, -0.2) is 28.1 Å². The predicted octanol–water partition coefficient (Wildman–Crippen LogP) is 5.16. The number of aromatic nitrogens is 2. The van der Waals surface area contributed by atoms with Crippen LogP contribution < -0.4 is 4.74 Å². The smallest absolute Gasteiger partial charge is 0.435 e. The zero-order valence-electron chi connectivity index (χ0n) is 14.2. The molecule has 0 bridgehead atoms. The van der Waals surface area contributed by atoms with Crippen molar-refractivity contribution in [2.45, 2.75) is 11.1 Å². The minimum absolute atomic E-state index is 0.113. The van der Waals surface area contributed by atoms with Gasteiger partial charge in [-0.3, -0.25) is 5.10 Å². The van der Waals surface area contributed by atoms with Gasteiger partial charge in [0.1, 0.15) is 12.0 Å². The highest BCUT2D eigenvalue weighted by Crippen LogP contribution is 2.42. The Kier molecular flexibility index (Phi) is 5.41. The third-order valence-electron chi connectivity index (χ3n) is 3.95. The van der Waals surface area contributed by atoms with Crippen LogP contribution in [0.4, 0.5) is 13.2 Å². The van der Waals surface area contributed by atoms with Gasteiger partial charge in [0.2, 0.25) is 0 Å². The van der Waals surface area contributed by atoms with Crippen molar-refractivity contribution < 1.29 is 22.5 Å². The number of H-pyrrole nitrogens is 1. The van der Waals surface area contributed by atoms with Crippen molar-refractivity contribution in [3.05, 3.63) is 53.2 Å². The molecule has 0 saturated carbocycles. The lowest BCUT2D eigenvalue weighted by molar-refractivity contribution is -0.140. The average Bonchev–Trinajstić information content (AvgIpc) is 3.07. The fourth-order valence-electron chi connectivity index (χ4n) is 2.67. The number of methoxy groups -OCH3 is 1. The van der Waals surface area contributed by atoms with E-state index in [1.807, 2.05) is 0 Å². The molecule has 9 heteroatoms. The lowest BCUT2D eigenvalue weighted by Crippen LogP contribution is -2.07. The lowest BCUT2D eigenvalue weighted by atomic mass is 9.98. The second-order valence-electron chi connectivity index (χ2n) is 5.65. The third-order valence-corrected chi connectivity index (χ3v) is 5.18. The number of nitrogens with one attached hydrogen (secondary N) is 1. The summed E-state index contributed by atoms with van der Waals surface area (Å²) < 4.78 is 57.1. The van der Waals surface area contributed by atoms with E-state index in [1.54, 1.807) is 24.3 Å². The van der Waals surface area contributed by atoms with Crippen LogP contribution in [0.2, 0.25) is 5.02 Å². The van der Waals surface area contributed by atoms with Gasteiger partial charge in [-0.05, 0) is 53.1 Å². The quantitative estimate of drug-likeness (QED) is 0.600. The monoisotopic (exact) mass is 414 g/mol. The van der Waals surface area contributed by atoms with E-state index >= 15 is 0 Å². The lowest BCUT2D eigenvalue weighted by Gasteiger charge is -2.11. The second kappa shape index (κ2) is 7.46. The zero-order chi connectivity index (χ0) is 19.8. The Labute approximate surface area is 161 Å². The molecule has 1 N–H and O–H groups in total. The van der Waals surface area contributed by atoms with Crippen molar-refractivity contribution in [2.75, 3.05) is 13.4 Å². The van der Waals surface area contributed by atoms with Crippen LogP contribution in [0.15, 0.2) is 47.4 Å². The zero-order valence-corrected chi connectivity index (χ0v) is 15.8. The number of alkyl halides is 3. The first-order valence-corrected chi connectivity index (χ1v) is 9.59. The molecule has 4 nitrogen and oxygen atoms in total. The summed E-state index contributed by atoms with van der Waals surface area (Å²) in [4.78, 5) is 0.573. The molecule has 0 saturated heterocycles. The molecule has 1 unspecified atom stereocenters. The predicted molar refractivity (Wildman–Crippen MR) is 98.4 cm³/mol. The number of ether oxygens (including phenoxy) is 1. The highest BCUT2D eigenvalue weighted by Gasteiger charge is 2.38. The van der Waals surface area contributed by atoms with Crippen molar-refractivity contribution >= 4 is 22.8 Å². The Bertz CT molecular complexity index is 956. The molecule has 0 fully saturated rings. The van der Waals surface area contributed by atoms with Gasteiger partial charge in [0, 0.05) is 11.1 Å². The van der Waals surface area contributed by atoms with Gasteiger partial charge in [-0.1, -0.05) is 17.7 Å². The van der Waals surface area contributed by atoms with E-state index in [0.29, 0.717) is 16.2 Å². The maximum absolute atomic E-state index is 13.5. The molecule has 1 atom stereocenters. The summed E-state index contributed by atoms with van der Waals surface area (Å²) in [6, 6.07) is 10.8. The highest BCUT2D eigenvalue weighted by molar-refractivity contribution is 7.90. The average molecular weight is 415 g/mol. The molecule has 3 aromatic rings.